The van der Waals surface area contributed by atoms with E-state index >= 15 is 0 Å². The molecule has 0 saturated carbocycles. The Kier molecular flexibility index (Phi) is 6.74. The van der Waals surface area contributed by atoms with Crippen molar-refractivity contribution in [3.05, 3.63) is 70.8 Å². The SMILES string of the molecule is CC(O[C@H](C)c1cc(C(F)(F)F)cc(C(F)(F)F)c1)[C@@]1(c2ccccc2)CC[C@@]2(N)CCCN1C2. The maximum atomic E-state index is 13.4. The van der Waals surface area contributed by atoms with Gasteiger partial charge in [0.25, 0.3) is 0 Å². The van der Waals surface area contributed by atoms with Crippen molar-refractivity contribution >= 4 is 0 Å². The van der Waals surface area contributed by atoms with E-state index in [1.165, 1.54) is 6.92 Å². The van der Waals surface area contributed by atoms with Gasteiger partial charge in [-0.3, -0.25) is 4.90 Å². The van der Waals surface area contributed by atoms with E-state index in [2.05, 4.69) is 4.90 Å². The third-order valence-electron chi connectivity index (χ3n) is 7.61. The maximum Gasteiger partial charge on any atom is 0.416 e. The third-order valence-corrected chi connectivity index (χ3v) is 7.61. The van der Waals surface area contributed by atoms with Gasteiger partial charge in [0.1, 0.15) is 0 Å². The van der Waals surface area contributed by atoms with Gasteiger partial charge in [-0.1, -0.05) is 30.3 Å². The zero-order valence-electron chi connectivity index (χ0n) is 19.7. The van der Waals surface area contributed by atoms with Crippen LogP contribution in [0, 0.1) is 0 Å². The number of fused-ring (bicyclic) bond motifs is 2. The lowest BCUT2D eigenvalue weighted by Crippen LogP contribution is -2.67. The van der Waals surface area contributed by atoms with Crippen molar-refractivity contribution in [2.45, 2.75) is 75.2 Å². The number of benzene rings is 2. The molecule has 35 heavy (non-hydrogen) atoms. The molecule has 0 aliphatic carbocycles. The smallest absolute Gasteiger partial charge is 0.369 e. The molecule has 4 rings (SSSR count). The van der Waals surface area contributed by atoms with Gasteiger partial charge in [-0.25, -0.2) is 0 Å². The lowest BCUT2D eigenvalue weighted by molar-refractivity contribution is -0.144. The molecular formula is C26H30F6N2O. The molecule has 0 amide bonds. The van der Waals surface area contributed by atoms with Gasteiger partial charge < -0.3 is 10.5 Å². The zero-order valence-corrected chi connectivity index (χ0v) is 19.7. The van der Waals surface area contributed by atoms with Gasteiger partial charge in [-0.15, -0.1) is 0 Å². The summed E-state index contributed by atoms with van der Waals surface area (Å²) >= 11 is 0. The van der Waals surface area contributed by atoms with Crippen LogP contribution in [0.15, 0.2) is 48.5 Å². The summed E-state index contributed by atoms with van der Waals surface area (Å²) in [6, 6.07) is 11.4. The predicted octanol–water partition coefficient (Wildman–Crippen LogP) is 6.67. The summed E-state index contributed by atoms with van der Waals surface area (Å²) in [6.07, 6.45) is -8.07. The molecule has 2 heterocycles. The molecule has 2 aromatic rings. The Labute approximate surface area is 201 Å². The van der Waals surface area contributed by atoms with Crippen LogP contribution in [-0.4, -0.2) is 29.6 Å². The molecule has 2 N–H and O–H groups in total. The number of piperidine rings is 2. The van der Waals surface area contributed by atoms with E-state index in [1.807, 2.05) is 37.3 Å². The van der Waals surface area contributed by atoms with E-state index in [0.717, 1.165) is 43.5 Å². The summed E-state index contributed by atoms with van der Waals surface area (Å²) in [5.41, 5.74) is 3.88. The number of halogens is 6. The van der Waals surface area contributed by atoms with Crippen molar-refractivity contribution in [1.82, 2.24) is 4.90 Å². The van der Waals surface area contributed by atoms with E-state index in [0.29, 0.717) is 13.0 Å². The van der Waals surface area contributed by atoms with E-state index in [1.54, 1.807) is 0 Å². The number of hydrogen-bond acceptors (Lipinski definition) is 3. The Morgan fingerprint density at radius 3 is 2.06 bits per heavy atom. The average molecular weight is 501 g/mol. The second-order valence-corrected chi connectivity index (χ2v) is 9.94. The van der Waals surface area contributed by atoms with Crippen LogP contribution in [0.2, 0.25) is 0 Å². The monoisotopic (exact) mass is 500 g/mol. The molecule has 0 spiro atoms. The Morgan fingerprint density at radius 2 is 1.49 bits per heavy atom. The molecule has 2 fully saturated rings. The minimum Gasteiger partial charge on any atom is -0.369 e. The van der Waals surface area contributed by atoms with E-state index in [-0.39, 0.29) is 17.2 Å². The van der Waals surface area contributed by atoms with Crippen LogP contribution in [0.5, 0.6) is 0 Å². The standard InChI is InChI=1S/C26H30F6N2O/c1-17(19-13-21(25(27,28)29)15-22(14-19)26(30,31)32)35-18(2)24(20-7-4-3-5-8-20)11-10-23(33)9-6-12-34(24)16-23/h3-5,7-8,13-15,17-18H,6,9-12,16,33H2,1-2H3/t17-,18?,23+,24-/m1/s1. The van der Waals surface area contributed by atoms with Crippen LogP contribution < -0.4 is 5.73 Å². The maximum absolute atomic E-state index is 13.4. The summed E-state index contributed by atoms with van der Waals surface area (Å²) < 4.78 is 86.6. The highest BCUT2D eigenvalue weighted by molar-refractivity contribution is 5.35. The first-order valence-corrected chi connectivity index (χ1v) is 11.8. The van der Waals surface area contributed by atoms with Crippen LogP contribution in [0.1, 0.15) is 67.9 Å². The molecule has 2 unspecified atom stereocenters. The Hall–Kier alpha value is -2.10. The molecule has 192 valence electrons. The van der Waals surface area contributed by atoms with E-state index < -0.39 is 41.2 Å². The molecule has 2 saturated heterocycles. The van der Waals surface area contributed by atoms with Crippen LogP contribution in [0.25, 0.3) is 0 Å². The Morgan fingerprint density at radius 1 is 0.886 bits per heavy atom. The minimum absolute atomic E-state index is 0.140. The normalized spacial score (nSPS) is 29.0. The summed E-state index contributed by atoms with van der Waals surface area (Å²) in [4.78, 5) is 2.29. The molecule has 9 heteroatoms. The highest BCUT2D eigenvalue weighted by atomic mass is 19.4. The van der Waals surface area contributed by atoms with Crippen LogP contribution >= 0.6 is 0 Å². The summed E-state index contributed by atoms with van der Waals surface area (Å²) in [7, 11) is 0. The largest absolute Gasteiger partial charge is 0.416 e. The van der Waals surface area contributed by atoms with Crippen LogP contribution in [0.4, 0.5) is 26.3 Å². The van der Waals surface area contributed by atoms with Crippen molar-refractivity contribution in [2.75, 3.05) is 13.1 Å². The van der Waals surface area contributed by atoms with Gasteiger partial charge in [0.15, 0.2) is 0 Å². The van der Waals surface area contributed by atoms with Gasteiger partial charge in [0, 0.05) is 12.1 Å². The molecule has 2 aliphatic rings. The Balaban J connectivity index is 1.70. The fraction of sp³-hybridized carbons (Fsp3) is 0.538. The molecule has 2 aliphatic heterocycles. The first-order valence-electron chi connectivity index (χ1n) is 11.8. The van der Waals surface area contributed by atoms with Crippen LogP contribution in [-0.2, 0) is 22.6 Å². The molecule has 2 aromatic carbocycles. The number of alkyl halides is 6. The van der Waals surface area contributed by atoms with Crippen molar-refractivity contribution in [3.8, 4) is 0 Å². The highest BCUT2D eigenvalue weighted by Crippen LogP contribution is 2.48. The van der Waals surface area contributed by atoms with Crippen molar-refractivity contribution in [3.63, 3.8) is 0 Å². The first-order chi connectivity index (χ1) is 16.2. The number of rotatable bonds is 5. The summed E-state index contributed by atoms with van der Waals surface area (Å²) in [5.74, 6) is 0. The van der Waals surface area contributed by atoms with Gasteiger partial charge in [0.05, 0.1) is 28.9 Å². The van der Waals surface area contributed by atoms with Gasteiger partial charge in [-0.05, 0) is 75.4 Å². The summed E-state index contributed by atoms with van der Waals surface area (Å²) in [6.45, 7) is 4.79. The van der Waals surface area contributed by atoms with Crippen molar-refractivity contribution in [2.24, 2.45) is 5.73 Å². The van der Waals surface area contributed by atoms with Gasteiger partial charge >= 0.3 is 12.4 Å². The van der Waals surface area contributed by atoms with E-state index in [4.69, 9.17) is 10.5 Å². The lowest BCUT2D eigenvalue weighted by Gasteiger charge is -2.58. The topological polar surface area (TPSA) is 38.5 Å². The third kappa shape index (κ3) is 5.08. The fourth-order valence-electron chi connectivity index (χ4n) is 5.76. The van der Waals surface area contributed by atoms with Gasteiger partial charge in [0.2, 0.25) is 0 Å². The zero-order chi connectivity index (χ0) is 25.6. The van der Waals surface area contributed by atoms with Crippen LogP contribution in [0.3, 0.4) is 0 Å². The highest BCUT2D eigenvalue weighted by Gasteiger charge is 2.52. The number of nitrogens with two attached hydrogens (primary N) is 1. The second kappa shape index (κ2) is 9.09. The molecule has 3 nitrogen and oxygen atoms in total. The number of hydrogen-bond donors (Lipinski definition) is 1. The van der Waals surface area contributed by atoms with E-state index in [9.17, 15) is 26.3 Å². The summed E-state index contributed by atoms with van der Waals surface area (Å²) in [5, 5.41) is 0. The molecular weight excluding hydrogens is 470 g/mol. The fourth-order valence-corrected chi connectivity index (χ4v) is 5.76. The molecule has 2 bridgehead atoms. The average Bonchev–Trinajstić information content (AvgIpc) is 2.78. The molecule has 0 aromatic heterocycles. The number of nitrogens with zero attached hydrogens (tertiary/aromatic N) is 1. The van der Waals surface area contributed by atoms with Crippen molar-refractivity contribution in [1.29, 1.82) is 0 Å². The quantitative estimate of drug-likeness (QED) is 0.466. The first kappa shape index (κ1) is 26.0. The predicted molar refractivity (Wildman–Crippen MR) is 120 cm³/mol. The Bertz CT molecular complexity index is 1010. The lowest BCUT2D eigenvalue weighted by atomic mass is 9.68. The molecule has 0 radical (unpaired) electrons. The number of ether oxygens (including phenoxy) is 1. The second-order valence-electron chi connectivity index (χ2n) is 9.94. The van der Waals surface area contributed by atoms with Crippen molar-refractivity contribution < 1.29 is 31.1 Å². The minimum atomic E-state index is -4.91. The molecule has 5 atom stereocenters. The van der Waals surface area contributed by atoms with Gasteiger partial charge in [-0.2, -0.15) is 26.3 Å².